The van der Waals surface area contributed by atoms with Crippen molar-refractivity contribution in [3.8, 4) is 11.1 Å². The summed E-state index contributed by atoms with van der Waals surface area (Å²) >= 11 is 0. The number of rotatable bonds is 2. The molecule has 0 aliphatic carbocycles. The van der Waals surface area contributed by atoms with Gasteiger partial charge in [-0.2, -0.15) is 4.98 Å². The van der Waals surface area contributed by atoms with E-state index in [2.05, 4.69) is 30.6 Å². The highest BCUT2D eigenvalue weighted by Crippen LogP contribution is 2.29. The fourth-order valence-corrected chi connectivity index (χ4v) is 2.30. The first-order valence-electron chi connectivity index (χ1n) is 7.75. The number of pyridine rings is 2. The van der Waals surface area contributed by atoms with Crippen LogP contribution in [0.2, 0.25) is 0 Å². The highest BCUT2D eigenvalue weighted by Gasteiger charge is 2.17. The van der Waals surface area contributed by atoms with E-state index in [-0.39, 0.29) is 17.5 Å². The fraction of sp³-hybridized carbons (Fsp3) is 0.235. The Morgan fingerprint density at radius 3 is 2.56 bits per heavy atom. The third-order valence-corrected chi connectivity index (χ3v) is 3.30. The van der Waals surface area contributed by atoms with Crippen molar-refractivity contribution in [1.82, 2.24) is 25.3 Å². The number of hydrogen-bond donors (Lipinski definition) is 3. The van der Waals surface area contributed by atoms with Crippen molar-refractivity contribution < 1.29 is 4.79 Å². The molecule has 0 unspecified atom stereocenters. The maximum atomic E-state index is 12.3. The summed E-state index contributed by atoms with van der Waals surface area (Å²) in [4.78, 5) is 28.9. The van der Waals surface area contributed by atoms with Crippen molar-refractivity contribution in [1.29, 1.82) is 0 Å². The second-order valence-corrected chi connectivity index (χ2v) is 6.59. The quantitative estimate of drug-likeness (QED) is 0.661. The molecule has 3 aromatic heterocycles. The molecular formula is C17H19N7O. The maximum Gasteiger partial charge on any atom is 0.320 e. The number of nitrogens with one attached hydrogen (secondary N) is 2. The highest BCUT2D eigenvalue weighted by atomic mass is 16.2. The maximum absolute atomic E-state index is 12.3. The SMILES string of the molecule is CC(C)(C)NC(=O)Nc1nc2nc(N)ncc2cc1-c1ccncc1. The van der Waals surface area contributed by atoms with E-state index in [4.69, 9.17) is 5.73 Å². The molecule has 0 aliphatic heterocycles. The molecular weight excluding hydrogens is 318 g/mol. The number of fused-ring (bicyclic) bond motifs is 1. The van der Waals surface area contributed by atoms with Gasteiger partial charge in [-0.05, 0) is 44.5 Å². The molecule has 128 valence electrons. The summed E-state index contributed by atoms with van der Waals surface area (Å²) < 4.78 is 0. The van der Waals surface area contributed by atoms with Crippen LogP contribution < -0.4 is 16.4 Å². The minimum absolute atomic E-state index is 0.127. The summed E-state index contributed by atoms with van der Waals surface area (Å²) in [5.74, 6) is 0.514. The Morgan fingerprint density at radius 2 is 1.88 bits per heavy atom. The lowest BCUT2D eigenvalue weighted by atomic mass is 10.1. The number of urea groups is 1. The standard InChI is InChI=1S/C17H19N7O/c1-17(2,3)24-16(25)23-14-12(10-4-6-19-7-5-10)8-11-9-20-15(18)22-13(11)21-14/h4-9H,1-3H3,(H4,18,20,21,22,23,24,25). The zero-order valence-electron chi connectivity index (χ0n) is 14.2. The zero-order valence-corrected chi connectivity index (χ0v) is 14.2. The lowest BCUT2D eigenvalue weighted by Gasteiger charge is -2.21. The van der Waals surface area contributed by atoms with Crippen molar-refractivity contribution >= 4 is 28.8 Å². The summed E-state index contributed by atoms with van der Waals surface area (Å²) in [6.45, 7) is 5.70. The van der Waals surface area contributed by atoms with Crippen LogP contribution in [0.1, 0.15) is 20.8 Å². The molecule has 3 heterocycles. The lowest BCUT2D eigenvalue weighted by Crippen LogP contribution is -2.43. The molecule has 0 saturated carbocycles. The predicted molar refractivity (Wildman–Crippen MR) is 96.9 cm³/mol. The Bertz CT molecular complexity index is 919. The third kappa shape index (κ3) is 3.97. The minimum atomic E-state index is -0.371. The second-order valence-electron chi connectivity index (χ2n) is 6.59. The van der Waals surface area contributed by atoms with Gasteiger partial charge in [0, 0.05) is 35.1 Å². The molecule has 0 fully saturated rings. The molecule has 0 atom stereocenters. The van der Waals surface area contributed by atoms with Gasteiger partial charge in [0.15, 0.2) is 5.65 Å². The van der Waals surface area contributed by atoms with Crippen LogP contribution >= 0.6 is 0 Å². The van der Waals surface area contributed by atoms with Crippen molar-refractivity contribution in [2.75, 3.05) is 11.1 Å². The molecule has 0 spiro atoms. The van der Waals surface area contributed by atoms with E-state index in [1.807, 2.05) is 39.0 Å². The van der Waals surface area contributed by atoms with E-state index in [1.54, 1.807) is 18.6 Å². The van der Waals surface area contributed by atoms with Crippen LogP contribution in [-0.4, -0.2) is 31.5 Å². The van der Waals surface area contributed by atoms with E-state index in [0.717, 1.165) is 16.5 Å². The summed E-state index contributed by atoms with van der Waals surface area (Å²) in [6.07, 6.45) is 4.96. The molecule has 25 heavy (non-hydrogen) atoms. The van der Waals surface area contributed by atoms with Gasteiger partial charge in [-0.15, -0.1) is 0 Å². The molecule has 0 aliphatic rings. The minimum Gasteiger partial charge on any atom is -0.368 e. The average molecular weight is 337 g/mol. The summed E-state index contributed by atoms with van der Waals surface area (Å²) in [7, 11) is 0. The summed E-state index contributed by atoms with van der Waals surface area (Å²) in [5, 5.41) is 6.37. The van der Waals surface area contributed by atoms with Gasteiger partial charge in [0.1, 0.15) is 5.82 Å². The molecule has 3 rings (SSSR count). The number of nitrogen functional groups attached to an aromatic ring is 1. The van der Waals surface area contributed by atoms with E-state index >= 15 is 0 Å². The van der Waals surface area contributed by atoms with E-state index in [1.165, 1.54) is 0 Å². The van der Waals surface area contributed by atoms with Crippen molar-refractivity contribution in [3.05, 3.63) is 36.8 Å². The van der Waals surface area contributed by atoms with Crippen LogP contribution in [-0.2, 0) is 0 Å². The summed E-state index contributed by atoms with van der Waals surface area (Å²) in [6, 6.07) is 5.20. The molecule has 3 aromatic rings. The van der Waals surface area contributed by atoms with Crippen LogP contribution in [0.3, 0.4) is 0 Å². The largest absolute Gasteiger partial charge is 0.368 e. The molecule has 4 N–H and O–H groups in total. The first-order chi connectivity index (χ1) is 11.8. The normalized spacial score (nSPS) is 11.3. The second kappa shape index (κ2) is 6.31. The van der Waals surface area contributed by atoms with Crippen LogP contribution in [0.4, 0.5) is 16.6 Å². The van der Waals surface area contributed by atoms with E-state index < -0.39 is 0 Å². The number of nitrogens with zero attached hydrogens (tertiary/aromatic N) is 4. The van der Waals surface area contributed by atoms with Crippen LogP contribution in [0.15, 0.2) is 36.8 Å². The van der Waals surface area contributed by atoms with Crippen molar-refractivity contribution in [2.24, 2.45) is 0 Å². The number of hydrogen-bond acceptors (Lipinski definition) is 6. The van der Waals surface area contributed by atoms with Gasteiger partial charge >= 0.3 is 6.03 Å². The monoisotopic (exact) mass is 337 g/mol. The lowest BCUT2D eigenvalue weighted by molar-refractivity contribution is 0.243. The van der Waals surface area contributed by atoms with E-state index in [9.17, 15) is 4.79 Å². The number of carbonyl (C=O) groups is 1. The molecule has 0 bridgehead atoms. The number of aromatic nitrogens is 4. The zero-order chi connectivity index (χ0) is 18.0. The van der Waals surface area contributed by atoms with Gasteiger partial charge in [-0.3, -0.25) is 10.3 Å². The molecule has 8 nitrogen and oxygen atoms in total. The van der Waals surface area contributed by atoms with Gasteiger partial charge in [-0.1, -0.05) is 0 Å². The van der Waals surface area contributed by atoms with Gasteiger partial charge < -0.3 is 11.1 Å². The average Bonchev–Trinajstić information content (AvgIpc) is 2.53. The fourth-order valence-electron chi connectivity index (χ4n) is 2.30. The number of amides is 2. The number of anilines is 2. The molecule has 0 aromatic carbocycles. The molecule has 2 amide bonds. The molecule has 0 radical (unpaired) electrons. The van der Waals surface area contributed by atoms with Crippen LogP contribution in [0, 0.1) is 0 Å². The number of carbonyl (C=O) groups excluding carboxylic acids is 1. The van der Waals surface area contributed by atoms with E-state index in [0.29, 0.717) is 11.5 Å². The van der Waals surface area contributed by atoms with Crippen molar-refractivity contribution in [2.45, 2.75) is 26.3 Å². The smallest absolute Gasteiger partial charge is 0.320 e. The first kappa shape index (κ1) is 16.6. The summed E-state index contributed by atoms with van der Waals surface area (Å²) in [5.41, 5.74) is 7.29. The highest BCUT2D eigenvalue weighted by molar-refractivity contribution is 5.96. The van der Waals surface area contributed by atoms with Crippen LogP contribution in [0.25, 0.3) is 22.2 Å². The van der Waals surface area contributed by atoms with Crippen LogP contribution in [0.5, 0.6) is 0 Å². The Labute approximate surface area is 144 Å². The third-order valence-electron chi connectivity index (χ3n) is 3.30. The van der Waals surface area contributed by atoms with Gasteiger partial charge in [0.25, 0.3) is 0 Å². The van der Waals surface area contributed by atoms with Gasteiger partial charge in [0.05, 0.1) is 0 Å². The van der Waals surface area contributed by atoms with Gasteiger partial charge in [0.2, 0.25) is 5.95 Å². The molecule has 0 saturated heterocycles. The number of nitrogens with two attached hydrogens (primary N) is 1. The topological polar surface area (TPSA) is 119 Å². The Morgan fingerprint density at radius 1 is 1.16 bits per heavy atom. The van der Waals surface area contributed by atoms with Crippen molar-refractivity contribution in [3.63, 3.8) is 0 Å². The molecule has 8 heteroatoms. The Hall–Kier alpha value is -3.29. The Kier molecular flexibility index (Phi) is 4.18. The Balaban J connectivity index is 2.08. The first-order valence-corrected chi connectivity index (χ1v) is 7.75. The van der Waals surface area contributed by atoms with Gasteiger partial charge in [-0.25, -0.2) is 14.8 Å². The predicted octanol–water partition coefficient (Wildman–Crippen LogP) is 2.59.